The van der Waals surface area contributed by atoms with Crippen molar-refractivity contribution in [2.45, 2.75) is 19.9 Å². The lowest BCUT2D eigenvalue weighted by Crippen LogP contribution is -2.20. The zero-order valence-corrected chi connectivity index (χ0v) is 10.8. The van der Waals surface area contributed by atoms with Crippen molar-refractivity contribution in [3.63, 3.8) is 0 Å². The minimum Gasteiger partial charge on any atom is -0.383 e. The molecule has 4 nitrogen and oxygen atoms in total. The van der Waals surface area contributed by atoms with Crippen molar-refractivity contribution in [1.82, 2.24) is 9.55 Å². The molecule has 4 heteroatoms. The summed E-state index contributed by atoms with van der Waals surface area (Å²) in [5, 5.41) is 3.39. The summed E-state index contributed by atoms with van der Waals surface area (Å²) >= 11 is 0. The summed E-state index contributed by atoms with van der Waals surface area (Å²) in [6, 6.07) is 6.55. The van der Waals surface area contributed by atoms with Crippen LogP contribution in [0.15, 0.2) is 18.2 Å². The van der Waals surface area contributed by atoms with Crippen LogP contribution >= 0.6 is 0 Å². The van der Waals surface area contributed by atoms with Gasteiger partial charge in [-0.3, -0.25) is 0 Å². The summed E-state index contributed by atoms with van der Waals surface area (Å²) < 4.78 is 7.20. The maximum Gasteiger partial charge on any atom is 0.106 e. The Morgan fingerprint density at radius 2 is 2.24 bits per heavy atom. The van der Waals surface area contributed by atoms with Crippen LogP contribution in [0.4, 0.5) is 5.69 Å². The number of rotatable bonds is 4. The highest BCUT2D eigenvalue weighted by Gasteiger charge is 2.06. The van der Waals surface area contributed by atoms with Gasteiger partial charge in [0.1, 0.15) is 5.82 Å². The Kier molecular flexibility index (Phi) is 3.33. The third-order valence-electron chi connectivity index (χ3n) is 2.93. The number of nitrogens with zero attached hydrogens (tertiary/aromatic N) is 2. The maximum absolute atomic E-state index is 5.10. The lowest BCUT2D eigenvalue weighted by Gasteiger charge is -2.13. The quantitative estimate of drug-likeness (QED) is 0.881. The summed E-state index contributed by atoms with van der Waals surface area (Å²) in [6.45, 7) is 4.80. The monoisotopic (exact) mass is 233 g/mol. The highest BCUT2D eigenvalue weighted by atomic mass is 16.5. The van der Waals surface area contributed by atoms with Crippen molar-refractivity contribution in [3.05, 3.63) is 24.0 Å². The average Bonchev–Trinajstić information content (AvgIpc) is 2.55. The second-order valence-electron chi connectivity index (χ2n) is 4.42. The van der Waals surface area contributed by atoms with Crippen molar-refractivity contribution < 1.29 is 4.74 Å². The normalized spacial score (nSPS) is 12.9. The lowest BCUT2D eigenvalue weighted by atomic mass is 10.2. The molecule has 0 radical (unpaired) electrons. The van der Waals surface area contributed by atoms with Crippen LogP contribution in [0.25, 0.3) is 11.0 Å². The standard InChI is InChI=1S/C13H19N3O/c1-9(8-17-4)14-11-5-6-13-12(7-11)15-10(2)16(13)3/h5-7,9,14H,8H2,1-4H3/t9-/m0/s1. The molecule has 1 N–H and O–H groups in total. The molecule has 1 aromatic heterocycles. The summed E-state index contributed by atoms with van der Waals surface area (Å²) in [4.78, 5) is 4.52. The van der Waals surface area contributed by atoms with Crippen LogP contribution in [-0.2, 0) is 11.8 Å². The first kappa shape index (κ1) is 11.9. The van der Waals surface area contributed by atoms with Crippen LogP contribution in [0, 0.1) is 6.92 Å². The topological polar surface area (TPSA) is 39.1 Å². The second-order valence-corrected chi connectivity index (χ2v) is 4.42. The second kappa shape index (κ2) is 4.75. The average molecular weight is 233 g/mol. The van der Waals surface area contributed by atoms with Crippen LogP contribution in [0.5, 0.6) is 0 Å². The molecule has 0 saturated heterocycles. The van der Waals surface area contributed by atoms with Crippen molar-refractivity contribution >= 4 is 16.7 Å². The first-order chi connectivity index (χ1) is 8.11. The van der Waals surface area contributed by atoms with E-state index >= 15 is 0 Å². The molecule has 1 atom stereocenters. The molecule has 2 rings (SSSR count). The van der Waals surface area contributed by atoms with Gasteiger partial charge in [0, 0.05) is 25.9 Å². The Balaban J connectivity index is 2.26. The van der Waals surface area contributed by atoms with Gasteiger partial charge >= 0.3 is 0 Å². The van der Waals surface area contributed by atoms with Crippen molar-refractivity contribution in [3.8, 4) is 0 Å². The van der Waals surface area contributed by atoms with E-state index in [0.29, 0.717) is 12.6 Å². The first-order valence-electron chi connectivity index (χ1n) is 5.80. The predicted octanol–water partition coefficient (Wildman–Crippen LogP) is 2.33. The largest absolute Gasteiger partial charge is 0.383 e. The molecule has 0 unspecified atom stereocenters. The number of anilines is 1. The molecule has 92 valence electrons. The van der Waals surface area contributed by atoms with Crippen LogP contribution in [-0.4, -0.2) is 29.3 Å². The zero-order chi connectivity index (χ0) is 12.4. The SMILES string of the molecule is COC[C@H](C)Nc1ccc2c(c1)nc(C)n2C. The summed E-state index contributed by atoms with van der Waals surface area (Å²) in [5.41, 5.74) is 3.27. The molecule has 0 aliphatic heterocycles. The number of hydrogen-bond acceptors (Lipinski definition) is 3. The number of aromatic nitrogens is 2. The van der Waals surface area contributed by atoms with Crippen molar-refractivity contribution in [2.24, 2.45) is 7.05 Å². The number of methoxy groups -OCH3 is 1. The maximum atomic E-state index is 5.10. The molecular formula is C13H19N3O. The van der Waals surface area contributed by atoms with Gasteiger partial charge in [-0.15, -0.1) is 0 Å². The number of hydrogen-bond donors (Lipinski definition) is 1. The number of fused-ring (bicyclic) bond motifs is 1. The van der Waals surface area contributed by atoms with Gasteiger partial charge in [-0.2, -0.15) is 0 Å². The van der Waals surface area contributed by atoms with Gasteiger partial charge in [0.2, 0.25) is 0 Å². The minimum absolute atomic E-state index is 0.294. The molecule has 0 aliphatic rings. The van der Waals surface area contributed by atoms with Gasteiger partial charge in [-0.25, -0.2) is 4.98 Å². The number of imidazole rings is 1. The van der Waals surface area contributed by atoms with Gasteiger partial charge in [-0.05, 0) is 32.0 Å². The van der Waals surface area contributed by atoms with Crippen LogP contribution in [0.1, 0.15) is 12.7 Å². The molecule has 1 aromatic carbocycles. The number of nitrogens with one attached hydrogen (secondary N) is 1. The van der Waals surface area contributed by atoms with Crippen LogP contribution in [0.2, 0.25) is 0 Å². The molecule has 0 bridgehead atoms. The van der Waals surface area contributed by atoms with E-state index in [9.17, 15) is 0 Å². The van der Waals surface area contributed by atoms with Gasteiger partial charge in [0.15, 0.2) is 0 Å². The van der Waals surface area contributed by atoms with E-state index in [2.05, 4.69) is 40.0 Å². The van der Waals surface area contributed by atoms with Gasteiger partial charge in [0.05, 0.1) is 17.6 Å². The zero-order valence-electron chi connectivity index (χ0n) is 10.8. The Morgan fingerprint density at radius 3 is 2.94 bits per heavy atom. The summed E-state index contributed by atoms with van der Waals surface area (Å²) in [5.74, 6) is 1.03. The van der Waals surface area contributed by atoms with Crippen LogP contribution in [0.3, 0.4) is 0 Å². The summed E-state index contributed by atoms with van der Waals surface area (Å²) in [6.07, 6.45) is 0. The molecule has 0 saturated carbocycles. The fraction of sp³-hybridized carbons (Fsp3) is 0.462. The molecule has 0 amide bonds. The highest BCUT2D eigenvalue weighted by molar-refractivity contribution is 5.80. The Morgan fingerprint density at radius 1 is 1.47 bits per heavy atom. The fourth-order valence-corrected chi connectivity index (χ4v) is 1.99. The van der Waals surface area contributed by atoms with E-state index in [1.165, 1.54) is 0 Å². The number of benzene rings is 1. The molecule has 0 spiro atoms. The van der Waals surface area contributed by atoms with Gasteiger partial charge in [0.25, 0.3) is 0 Å². The fourth-order valence-electron chi connectivity index (χ4n) is 1.99. The third-order valence-corrected chi connectivity index (χ3v) is 2.93. The third kappa shape index (κ3) is 2.42. The van der Waals surface area contributed by atoms with E-state index in [4.69, 9.17) is 4.74 Å². The van der Waals surface area contributed by atoms with E-state index in [1.54, 1.807) is 7.11 Å². The highest BCUT2D eigenvalue weighted by Crippen LogP contribution is 2.19. The first-order valence-corrected chi connectivity index (χ1v) is 5.80. The minimum atomic E-state index is 0.294. The van der Waals surface area contributed by atoms with E-state index in [-0.39, 0.29) is 0 Å². The number of aryl methyl sites for hydroxylation is 2. The van der Waals surface area contributed by atoms with Gasteiger partial charge in [-0.1, -0.05) is 0 Å². The van der Waals surface area contributed by atoms with E-state index < -0.39 is 0 Å². The molecule has 2 aromatic rings. The smallest absolute Gasteiger partial charge is 0.106 e. The van der Waals surface area contributed by atoms with Crippen molar-refractivity contribution in [2.75, 3.05) is 19.0 Å². The van der Waals surface area contributed by atoms with Crippen molar-refractivity contribution in [1.29, 1.82) is 0 Å². The van der Waals surface area contributed by atoms with Gasteiger partial charge < -0.3 is 14.6 Å². The number of ether oxygens (including phenoxy) is 1. The predicted molar refractivity (Wildman–Crippen MR) is 70.4 cm³/mol. The Labute approximate surface area is 102 Å². The van der Waals surface area contributed by atoms with E-state index in [1.807, 2.05) is 14.0 Å². The van der Waals surface area contributed by atoms with Crippen LogP contribution < -0.4 is 5.32 Å². The van der Waals surface area contributed by atoms with E-state index in [0.717, 1.165) is 22.5 Å². The molecule has 0 aliphatic carbocycles. The molecule has 1 heterocycles. The molecule has 17 heavy (non-hydrogen) atoms. The molecular weight excluding hydrogens is 214 g/mol. The molecule has 0 fully saturated rings. The Hall–Kier alpha value is -1.55. The Bertz CT molecular complexity index is 519. The lowest BCUT2D eigenvalue weighted by molar-refractivity contribution is 0.190. The summed E-state index contributed by atoms with van der Waals surface area (Å²) in [7, 11) is 3.74.